The van der Waals surface area contributed by atoms with Crippen LogP contribution < -0.4 is 5.56 Å². The van der Waals surface area contributed by atoms with Gasteiger partial charge in [0.25, 0.3) is 5.56 Å². The van der Waals surface area contributed by atoms with E-state index in [4.69, 9.17) is 4.98 Å². The Bertz CT molecular complexity index is 1260. The third kappa shape index (κ3) is 3.99. The van der Waals surface area contributed by atoms with Crippen LogP contribution in [0.3, 0.4) is 0 Å². The molecule has 0 bridgehead atoms. The van der Waals surface area contributed by atoms with Crippen molar-refractivity contribution < 1.29 is 4.79 Å². The highest BCUT2D eigenvalue weighted by molar-refractivity contribution is 7.99. The number of rotatable bonds is 6. The van der Waals surface area contributed by atoms with E-state index in [1.165, 1.54) is 23.7 Å². The van der Waals surface area contributed by atoms with Crippen molar-refractivity contribution in [3.63, 3.8) is 0 Å². The lowest BCUT2D eigenvalue weighted by Crippen LogP contribution is -2.43. The number of hydrogen-bond acceptors (Lipinski definition) is 4. The Morgan fingerprint density at radius 3 is 2.55 bits per heavy atom. The molecular weight excluding hydrogens is 428 g/mol. The molecule has 0 atom stereocenters. The Balaban J connectivity index is 1.62. The van der Waals surface area contributed by atoms with E-state index in [2.05, 4.69) is 24.8 Å². The van der Waals surface area contributed by atoms with Crippen LogP contribution in [0.2, 0.25) is 0 Å². The van der Waals surface area contributed by atoms with Crippen LogP contribution in [0.15, 0.2) is 77.2 Å². The van der Waals surface area contributed by atoms with Gasteiger partial charge in [-0.1, -0.05) is 91.7 Å². The van der Waals surface area contributed by atoms with Crippen molar-refractivity contribution >= 4 is 17.5 Å². The third-order valence-corrected chi connectivity index (χ3v) is 7.99. The standard InChI is InChI=1S/C28H28N2O2S/c1-2-17-30-26(32)24-25(29-27(30)33-19-23(31)20-11-5-3-6-12-20)22-14-8-7-13-21(22)18-28(24)15-9-4-10-16-28/h2-3,5-8,11-14H,1,4,9-10,15-19H2. The Labute approximate surface area is 198 Å². The number of carbonyl (C=O) groups excluding carboxylic acids is 1. The third-order valence-electron chi connectivity index (χ3n) is 7.02. The summed E-state index contributed by atoms with van der Waals surface area (Å²) in [4.78, 5) is 31.8. The lowest BCUT2D eigenvalue weighted by molar-refractivity contribution is 0.102. The molecule has 0 unspecified atom stereocenters. The fourth-order valence-corrected chi connectivity index (χ4v) is 6.36. The molecule has 0 amide bonds. The molecule has 1 saturated carbocycles. The highest BCUT2D eigenvalue weighted by Gasteiger charge is 2.43. The Hall–Kier alpha value is -2.92. The number of ketones is 1. The predicted octanol–water partition coefficient (Wildman–Crippen LogP) is 5.83. The molecule has 168 valence electrons. The molecule has 1 heterocycles. The quantitative estimate of drug-likeness (QED) is 0.203. The first-order valence-corrected chi connectivity index (χ1v) is 12.7. The number of carbonyl (C=O) groups is 1. The molecule has 5 rings (SSSR count). The summed E-state index contributed by atoms with van der Waals surface area (Å²) >= 11 is 1.34. The van der Waals surface area contributed by atoms with Crippen LogP contribution in [0.25, 0.3) is 11.3 Å². The molecule has 3 aromatic rings. The van der Waals surface area contributed by atoms with Gasteiger partial charge in [-0.05, 0) is 24.8 Å². The molecule has 0 aliphatic heterocycles. The molecule has 1 spiro atoms. The van der Waals surface area contributed by atoms with Crippen LogP contribution in [0, 0.1) is 0 Å². The van der Waals surface area contributed by atoms with Crippen LogP contribution in [0.4, 0.5) is 0 Å². The van der Waals surface area contributed by atoms with Gasteiger partial charge in [-0.15, -0.1) is 6.58 Å². The second kappa shape index (κ2) is 9.14. The summed E-state index contributed by atoms with van der Waals surface area (Å²) in [6.45, 7) is 4.26. The molecule has 2 aliphatic rings. The molecule has 5 heteroatoms. The van der Waals surface area contributed by atoms with Crippen LogP contribution in [-0.2, 0) is 18.4 Å². The highest BCUT2D eigenvalue weighted by Crippen LogP contribution is 2.48. The Morgan fingerprint density at radius 2 is 1.79 bits per heavy atom. The zero-order valence-electron chi connectivity index (χ0n) is 18.8. The molecule has 2 aliphatic carbocycles. The van der Waals surface area contributed by atoms with Gasteiger partial charge in [0.2, 0.25) is 0 Å². The van der Waals surface area contributed by atoms with Crippen LogP contribution in [-0.4, -0.2) is 21.1 Å². The topological polar surface area (TPSA) is 52.0 Å². The van der Waals surface area contributed by atoms with Gasteiger partial charge in [-0.3, -0.25) is 14.2 Å². The average molecular weight is 457 g/mol. The first kappa shape index (κ1) is 21.9. The first-order valence-electron chi connectivity index (χ1n) is 11.7. The summed E-state index contributed by atoms with van der Waals surface area (Å²) < 4.78 is 1.72. The zero-order valence-corrected chi connectivity index (χ0v) is 19.6. The number of fused-ring (bicyclic) bond motifs is 4. The van der Waals surface area contributed by atoms with Gasteiger partial charge in [0, 0.05) is 23.1 Å². The average Bonchev–Trinajstić information content (AvgIpc) is 2.85. The fourth-order valence-electron chi connectivity index (χ4n) is 5.46. The van der Waals surface area contributed by atoms with E-state index in [9.17, 15) is 9.59 Å². The Morgan fingerprint density at radius 1 is 1.06 bits per heavy atom. The summed E-state index contributed by atoms with van der Waals surface area (Å²) in [5.74, 6) is 0.265. The van der Waals surface area contributed by atoms with Crippen molar-refractivity contribution in [1.82, 2.24) is 9.55 Å². The number of Topliss-reactive ketones (excluding diaryl/α,β-unsaturated/α-hetero) is 1. The first-order chi connectivity index (χ1) is 16.1. The minimum Gasteiger partial charge on any atom is -0.293 e. The summed E-state index contributed by atoms with van der Waals surface area (Å²) in [6.07, 6.45) is 8.21. The summed E-state index contributed by atoms with van der Waals surface area (Å²) in [7, 11) is 0. The lowest BCUT2D eigenvalue weighted by atomic mass is 9.62. The fraction of sp³-hybridized carbons (Fsp3) is 0.321. The SMILES string of the molecule is C=CCn1c(SCC(=O)c2ccccc2)nc2c(c1=O)C1(CCCCC1)Cc1ccccc1-2. The van der Waals surface area contributed by atoms with Gasteiger partial charge < -0.3 is 0 Å². The van der Waals surface area contributed by atoms with Crippen molar-refractivity contribution in [3.05, 3.63) is 94.3 Å². The molecule has 0 saturated heterocycles. The number of allylic oxidation sites excluding steroid dienone is 1. The van der Waals surface area contributed by atoms with E-state index in [0.717, 1.165) is 48.9 Å². The maximum Gasteiger partial charge on any atom is 0.258 e. The second-order valence-corrected chi connectivity index (χ2v) is 10.0. The molecular formula is C28H28N2O2S. The van der Waals surface area contributed by atoms with E-state index < -0.39 is 0 Å². The summed E-state index contributed by atoms with van der Waals surface area (Å²) in [6, 6.07) is 17.6. The lowest BCUT2D eigenvalue weighted by Gasteiger charge is -2.42. The van der Waals surface area contributed by atoms with Crippen LogP contribution in [0.5, 0.6) is 0 Å². The van der Waals surface area contributed by atoms with Crippen molar-refractivity contribution in [3.8, 4) is 11.3 Å². The van der Waals surface area contributed by atoms with E-state index >= 15 is 0 Å². The van der Waals surface area contributed by atoms with Gasteiger partial charge in [0.15, 0.2) is 10.9 Å². The number of hydrogen-bond donors (Lipinski definition) is 0. The van der Waals surface area contributed by atoms with Crippen molar-refractivity contribution in [2.75, 3.05) is 5.75 Å². The zero-order chi connectivity index (χ0) is 22.8. The number of benzene rings is 2. The normalized spacial score (nSPS) is 16.1. The highest BCUT2D eigenvalue weighted by atomic mass is 32.2. The van der Waals surface area contributed by atoms with Gasteiger partial charge >= 0.3 is 0 Å². The van der Waals surface area contributed by atoms with Gasteiger partial charge in [-0.2, -0.15) is 0 Å². The second-order valence-electron chi connectivity index (χ2n) is 9.08. The van der Waals surface area contributed by atoms with E-state index in [0.29, 0.717) is 17.3 Å². The van der Waals surface area contributed by atoms with E-state index in [-0.39, 0.29) is 22.5 Å². The molecule has 4 nitrogen and oxygen atoms in total. The number of nitrogens with zero attached hydrogens (tertiary/aromatic N) is 2. The molecule has 33 heavy (non-hydrogen) atoms. The van der Waals surface area contributed by atoms with Gasteiger partial charge in [0.05, 0.1) is 17.0 Å². The summed E-state index contributed by atoms with van der Waals surface area (Å²) in [5.41, 5.74) is 4.59. The largest absolute Gasteiger partial charge is 0.293 e. The maximum atomic E-state index is 14.0. The van der Waals surface area contributed by atoms with Crippen molar-refractivity contribution in [2.24, 2.45) is 0 Å². The van der Waals surface area contributed by atoms with E-state index in [1.54, 1.807) is 10.6 Å². The maximum absolute atomic E-state index is 14.0. The summed E-state index contributed by atoms with van der Waals surface area (Å²) in [5, 5.41) is 0.589. The van der Waals surface area contributed by atoms with Crippen molar-refractivity contribution in [2.45, 2.75) is 55.6 Å². The minimum absolute atomic E-state index is 0.0295. The number of thioether (sulfide) groups is 1. The van der Waals surface area contributed by atoms with Crippen LogP contribution in [0.1, 0.15) is 53.6 Å². The number of aromatic nitrogens is 2. The molecule has 1 aromatic heterocycles. The van der Waals surface area contributed by atoms with Gasteiger partial charge in [-0.25, -0.2) is 4.98 Å². The Kier molecular flexibility index (Phi) is 6.07. The monoisotopic (exact) mass is 456 g/mol. The van der Waals surface area contributed by atoms with Gasteiger partial charge in [0.1, 0.15) is 0 Å². The minimum atomic E-state index is -0.141. The molecule has 2 aromatic carbocycles. The van der Waals surface area contributed by atoms with Crippen LogP contribution >= 0.6 is 11.8 Å². The van der Waals surface area contributed by atoms with E-state index in [1.807, 2.05) is 36.4 Å². The molecule has 0 N–H and O–H groups in total. The molecule has 1 fully saturated rings. The predicted molar refractivity (Wildman–Crippen MR) is 134 cm³/mol. The van der Waals surface area contributed by atoms with Crippen molar-refractivity contribution in [1.29, 1.82) is 0 Å². The molecule has 0 radical (unpaired) electrons. The smallest absolute Gasteiger partial charge is 0.258 e.